The molecular weight excluding hydrogens is 446 g/mol. The number of aromatic nitrogens is 5. The zero-order valence-corrected chi connectivity index (χ0v) is 18.3. The third-order valence-electron chi connectivity index (χ3n) is 4.62. The van der Waals surface area contributed by atoms with Crippen molar-refractivity contribution in [3.8, 4) is 0 Å². The number of carbonyl (C=O) groups excluding carboxylic acids is 1. The van der Waals surface area contributed by atoms with E-state index in [1.54, 1.807) is 18.6 Å². The second-order valence-electron chi connectivity index (χ2n) is 7.27. The molecule has 0 saturated heterocycles. The molecule has 2 N–H and O–H groups in total. The molecule has 3 aromatic heterocycles. The van der Waals surface area contributed by atoms with Crippen LogP contribution in [0.3, 0.4) is 0 Å². The minimum absolute atomic E-state index is 0.224. The first-order valence-corrected chi connectivity index (χ1v) is 10.5. The van der Waals surface area contributed by atoms with E-state index in [4.69, 9.17) is 0 Å². The van der Waals surface area contributed by atoms with Crippen LogP contribution in [0, 0.1) is 0 Å². The van der Waals surface area contributed by atoms with Gasteiger partial charge in [-0.2, -0.15) is 10.2 Å². The average molecular weight is 468 g/mol. The lowest BCUT2D eigenvalue weighted by Crippen LogP contribution is -2.19. The van der Waals surface area contributed by atoms with Gasteiger partial charge < -0.3 is 10.6 Å². The molecule has 4 rings (SSSR count). The fraction of sp³-hybridized carbons (Fsp3) is 0.238. The highest BCUT2D eigenvalue weighted by molar-refractivity contribution is 9.10. The fourth-order valence-electron chi connectivity index (χ4n) is 3.14. The van der Waals surface area contributed by atoms with Crippen LogP contribution < -0.4 is 10.6 Å². The minimum atomic E-state index is -0.318. The first kappa shape index (κ1) is 20.1. The summed E-state index contributed by atoms with van der Waals surface area (Å²) >= 11 is 3.40. The van der Waals surface area contributed by atoms with Crippen LogP contribution in [0.5, 0.6) is 0 Å². The van der Waals surface area contributed by atoms with Crippen LogP contribution in [0.15, 0.2) is 59.6 Å². The largest absolute Gasteiger partial charge is 0.323 e. The van der Waals surface area contributed by atoms with Crippen LogP contribution in [0.25, 0.3) is 11.0 Å². The highest BCUT2D eigenvalue weighted by Crippen LogP contribution is 2.19. The van der Waals surface area contributed by atoms with Crippen LogP contribution in [0.1, 0.15) is 25.5 Å². The number of rotatable bonds is 6. The Morgan fingerprint density at radius 2 is 1.83 bits per heavy atom. The summed E-state index contributed by atoms with van der Waals surface area (Å²) in [5.41, 5.74) is 3.31. The monoisotopic (exact) mass is 467 g/mol. The van der Waals surface area contributed by atoms with Crippen molar-refractivity contribution in [1.29, 1.82) is 0 Å². The molecule has 4 aromatic rings. The maximum Gasteiger partial charge on any atom is 0.323 e. The number of pyridine rings is 1. The second-order valence-corrected chi connectivity index (χ2v) is 8.18. The Labute approximate surface area is 182 Å². The summed E-state index contributed by atoms with van der Waals surface area (Å²) in [6.07, 6.45) is 7.97. The lowest BCUT2D eigenvalue weighted by Gasteiger charge is -2.09. The summed E-state index contributed by atoms with van der Waals surface area (Å²) in [6, 6.07) is 9.56. The molecular formula is C21H22BrN7O. The number of amides is 2. The van der Waals surface area contributed by atoms with Gasteiger partial charge in [-0.05, 0) is 60.0 Å². The number of hydrogen-bond acceptors (Lipinski definition) is 4. The van der Waals surface area contributed by atoms with Gasteiger partial charge in [-0.25, -0.2) is 14.5 Å². The van der Waals surface area contributed by atoms with E-state index in [1.165, 1.54) is 5.56 Å². The van der Waals surface area contributed by atoms with Crippen molar-refractivity contribution in [3.05, 3.63) is 65.2 Å². The topological polar surface area (TPSA) is 89.7 Å². The van der Waals surface area contributed by atoms with Crippen molar-refractivity contribution < 1.29 is 4.79 Å². The van der Waals surface area contributed by atoms with Crippen molar-refractivity contribution in [2.75, 3.05) is 10.6 Å². The molecule has 1 aromatic carbocycles. The van der Waals surface area contributed by atoms with Gasteiger partial charge in [0.2, 0.25) is 0 Å². The van der Waals surface area contributed by atoms with E-state index in [2.05, 4.69) is 55.6 Å². The zero-order chi connectivity index (χ0) is 21.1. The van der Waals surface area contributed by atoms with E-state index >= 15 is 0 Å². The van der Waals surface area contributed by atoms with Crippen LogP contribution >= 0.6 is 15.9 Å². The van der Waals surface area contributed by atoms with Gasteiger partial charge in [0.05, 0.1) is 28.8 Å². The molecule has 3 heterocycles. The number of urea groups is 1. The maximum atomic E-state index is 12.3. The number of nitrogens with zero attached hydrogens (tertiary/aromatic N) is 5. The maximum absolute atomic E-state index is 12.3. The quantitative estimate of drug-likeness (QED) is 0.423. The fourth-order valence-corrected chi connectivity index (χ4v) is 3.47. The highest BCUT2D eigenvalue weighted by Gasteiger charge is 2.09. The van der Waals surface area contributed by atoms with Crippen molar-refractivity contribution in [2.45, 2.75) is 32.9 Å². The van der Waals surface area contributed by atoms with Crippen LogP contribution in [0.2, 0.25) is 0 Å². The molecule has 0 aliphatic rings. The number of aryl methyl sites for hydroxylation is 2. The lowest BCUT2D eigenvalue weighted by molar-refractivity contribution is 0.262. The summed E-state index contributed by atoms with van der Waals surface area (Å²) in [5.74, 6) is 0. The number of nitrogens with one attached hydrogen (secondary N) is 2. The van der Waals surface area contributed by atoms with Crippen molar-refractivity contribution in [2.24, 2.45) is 0 Å². The third-order valence-corrected chi connectivity index (χ3v) is 5.03. The van der Waals surface area contributed by atoms with Gasteiger partial charge in [0.25, 0.3) is 0 Å². The normalized spacial score (nSPS) is 11.2. The van der Waals surface area contributed by atoms with Crippen molar-refractivity contribution >= 4 is 44.4 Å². The summed E-state index contributed by atoms with van der Waals surface area (Å²) in [5, 5.41) is 15.1. The van der Waals surface area contributed by atoms with Gasteiger partial charge >= 0.3 is 6.03 Å². The lowest BCUT2D eigenvalue weighted by atomic mass is 10.1. The van der Waals surface area contributed by atoms with Crippen LogP contribution in [-0.4, -0.2) is 30.6 Å². The molecule has 0 bridgehead atoms. The SMILES string of the molecule is CC(C)n1ncc2cc(NC(=O)Nc3ccc(CCn4cc(Br)cn4)cc3)cnc21. The van der Waals surface area contributed by atoms with Gasteiger partial charge in [-0.1, -0.05) is 12.1 Å². The average Bonchev–Trinajstić information content (AvgIpc) is 3.33. The summed E-state index contributed by atoms with van der Waals surface area (Å²) in [6.45, 7) is 4.90. The first-order valence-electron chi connectivity index (χ1n) is 9.66. The number of halogens is 1. The molecule has 2 amide bonds. The summed E-state index contributed by atoms with van der Waals surface area (Å²) in [7, 11) is 0. The number of fused-ring (bicyclic) bond motifs is 1. The zero-order valence-electron chi connectivity index (χ0n) is 16.7. The van der Waals surface area contributed by atoms with Gasteiger partial charge in [0, 0.05) is 29.9 Å². The number of anilines is 2. The van der Waals surface area contributed by atoms with Crippen LogP contribution in [0.4, 0.5) is 16.2 Å². The Morgan fingerprint density at radius 3 is 2.53 bits per heavy atom. The molecule has 0 spiro atoms. The Kier molecular flexibility index (Phi) is 5.80. The van der Waals surface area contributed by atoms with Crippen molar-refractivity contribution in [3.63, 3.8) is 0 Å². The van der Waals surface area contributed by atoms with E-state index in [0.717, 1.165) is 34.2 Å². The molecule has 0 aliphatic carbocycles. The highest BCUT2D eigenvalue weighted by atomic mass is 79.9. The predicted octanol–water partition coefficient (Wildman–Crippen LogP) is 4.86. The summed E-state index contributed by atoms with van der Waals surface area (Å²) < 4.78 is 4.71. The molecule has 30 heavy (non-hydrogen) atoms. The van der Waals surface area contributed by atoms with Crippen molar-refractivity contribution in [1.82, 2.24) is 24.5 Å². The Hall–Kier alpha value is -3.20. The van der Waals surface area contributed by atoms with E-state index < -0.39 is 0 Å². The molecule has 0 unspecified atom stereocenters. The predicted molar refractivity (Wildman–Crippen MR) is 121 cm³/mol. The van der Waals surface area contributed by atoms with Gasteiger partial charge in [0.15, 0.2) is 5.65 Å². The Morgan fingerprint density at radius 1 is 1.07 bits per heavy atom. The Bertz CT molecular complexity index is 1160. The standard InChI is InChI=1S/C21H22BrN7O/c1-14(2)29-20-16(10-25-29)9-19(12-23-20)27-21(30)26-18-5-3-15(4-6-18)7-8-28-13-17(22)11-24-28/h3-6,9-14H,7-8H2,1-2H3,(H2,26,27,30). The molecule has 0 aliphatic heterocycles. The summed E-state index contributed by atoms with van der Waals surface area (Å²) in [4.78, 5) is 16.8. The van der Waals surface area contributed by atoms with E-state index in [9.17, 15) is 4.79 Å². The van der Waals surface area contributed by atoms with Crippen LogP contribution in [-0.2, 0) is 13.0 Å². The van der Waals surface area contributed by atoms with E-state index in [1.807, 2.05) is 45.9 Å². The number of hydrogen-bond donors (Lipinski definition) is 2. The molecule has 0 saturated carbocycles. The molecule has 154 valence electrons. The first-order chi connectivity index (χ1) is 14.5. The number of carbonyl (C=O) groups is 1. The second kappa shape index (κ2) is 8.66. The minimum Gasteiger partial charge on any atom is -0.308 e. The van der Waals surface area contributed by atoms with Gasteiger partial charge in [-0.15, -0.1) is 0 Å². The molecule has 9 heteroatoms. The number of benzene rings is 1. The Balaban J connectivity index is 1.34. The molecule has 0 fully saturated rings. The molecule has 0 atom stereocenters. The van der Waals surface area contributed by atoms with E-state index in [0.29, 0.717) is 5.69 Å². The smallest absolute Gasteiger partial charge is 0.308 e. The third kappa shape index (κ3) is 4.68. The molecule has 8 nitrogen and oxygen atoms in total. The van der Waals surface area contributed by atoms with E-state index in [-0.39, 0.29) is 12.1 Å². The van der Waals surface area contributed by atoms with Gasteiger partial charge in [0.1, 0.15) is 0 Å². The van der Waals surface area contributed by atoms with Gasteiger partial charge in [-0.3, -0.25) is 4.68 Å². The molecule has 0 radical (unpaired) electrons.